The van der Waals surface area contributed by atoms with Crippen LogP contribution in [0.1, 0.15) is 19.4 Å². The highest BCUT2D eigenvalue weighted by Crippen LogP contribution is 2.22. The highest BCUT2D eigenvalue weighted by Gasteiger charge is 2.32. The monoisotopic (exact) mass is 455 g/mol. The van der Waals surface area contributed by atoms with Crippen molar-refractivity contribution in [1.29, 1.82) is 0 Å². The van der Waals surface area contributed by atoms with Gasteiger partial charge in [-0.2, -0.15) is 0 Å². The molecule has 3 nitrogen and oxygen atoms in total. The maximum atomic E-state index is 11.9. The summed E-state index contributed by atoms with van der Waals surface area (Å²) >= 11 is 18.1. The zero-order valence-electron chi connectivity index (χ0n) is 11.3. The van der Waals surface area contributed by atoms with Gasteiger partial charge in [-0.15, -0.1) is 0 Å². The Bertz CT molecular complexity index is 586. The number of Topliss-reactive ketones (excluding diaryl/α,β-unsaturated/α-hetero) is 1. The number of amides is 1. The molecule has 0 bridgehead atoms. The first-order chi connectivity index (χ1) is 9.63. The predicted octanol–water partition coefficient (Wildman–Crippen LogP) is 4.59. The summed E-state index contributed by atoms with van der Waals surface area (Å²) in [5, 5.41) is 3.60. The second-order valence-corrected chi connectivity index (χ2v) is 8.68. The van der Waals surface area contributed by atoms with Crippen molar-refractivity contribution in [2.45, 2.75) is 23.1 Å². The normalized spacial score (nSPS) is 12.0. The molecule has 0 atom stereocenters. The molecular formula is C14H13Br2Cl2NO2. The molecule has 0 aliphatic carbocycles. The van der Waals surface area contributed by atoms with Crippen molar-refractivity contribution in [3.05, 3.63) is 39.9 Å². The lowest BCUT2D eigenvalue weighted by atomic mass is 10.0. The molecule has 0 aliphatic rings. The fourth-order valence-corrected chi connectivity index (χ4v) is 3.10. The molecule has 1 N–H and O–H groups in total. The van der Waals surface area contributed by atoms with E-state index < -0.39 is 9.28 Å². The minimum absolute atomic E-state index is 0.186. The van der Waals surface area contributed by atoms with E-state index in [4.69, 9.17) is 23.2 Å². The summed E-state index contributed by atoms with van der Waals surface area (Å²) in [6, 6.07) is 4.98. The van der Waals surface area contributed by atoms with Crippen LogP contribution in [0.2, 0.25) is 10.0 Å². The van der Waals surface area contributed by atoms with Gasteiger partial charge in [-0.05, 0) is 37.6 Å². The van der Waals surface area contributed by atoms with Gasteiger partial charge in [0.1, 0.15) is 3.74 Å². The number of benzene rings is 1. The molecule has 0 heterocycles. The number of alkyl halides is 2. The number of halogens is 4. The molecule has 0 radical (unpaired) electrons. The Kier molecular flexibility index (Phi) is 6.91. The Hall–Kier alpha value is -0.360. The summed E-state index contributed by atoms with van der Waals surface area (Å²) in [4.78, 5) is 23.8. The van der Waals surface area contributed by atoms with Crippen LogP contribution < -0.4 is 5.32 Å². The summed E-state index contributed by atoms with van der Waals surface area (Å²) in [6.45, 7) is 3.26. The highest BCUT2D eigenvalue weighted by atomic mass is 79.9. The van der Waals surface area contributed by atoms with Crippen LogP contribution in [0.15, 0.2) is 24.3 Å². The first-order valence-electron chi connectivity index (χ1n) is 5.91. The van der Waals surface area contributed by atoms with E-state index in [1.54, 1.807) is 38.1 Å². The second kappa shape index (κ2) is 7.77. The van der Waals surface area contributed by atoms with E-state index in [0.717, 1.165) is 0 Å². The zero-order chi connectivity index (χ0) is 16.2. The maximum Gasteiger partial charge on any atom is 0.244 e. The van der Waals surface area contributed by atoms with E-state index in [2.05, 4.69) is 37.2 Å². The molecule has 0 fully saturated rings. The van der Waals surface area contributed by atoms with Gasteiger partial charge in [-0.3, -0.25) is 9.59 Å². The molecule has 0 spiro atoms. The number of hydrogen-bond donors (Lipinski definition) is 1. The largest absolute Gasteiger partial charge is 0.341 e. The number of ketones is 1. The summed E-state index contributed by atoms with van der Waals surface area (Å²) in [7, 11) is 0. The van der Waals surface area contributed by atoms with Gasteiger partial charge in [-0.25, -0.2) is 0 Å². The molecule has 0 saturated heterocycles. The van der Waals surface area contributed by atoms with Gasteiger partial charge < -0.3 is 5.32 Å². The van der Waals surface area contributed by atoms with Crippen molar-refractivity contribution in [1.82, 2.24) is 5.32 Å². The fourth-order valence-electron chi connectivity index (χ4n) is 1.49. The van der Waals surface area contributed by atoms with Crippen molar-refractivity contribution < 1.29 is 9.59 Å². The summed E-state index contributed by atoms with van der Waals surface area (Å²) in [5.74, 6) is -0.575. The molecule has 0 unspecified atom stereocenters. The van der Waals surface area contributed by atoms with Crippen LogP contribution in [0, 0.1) is 0 Å². The second-order valence-electron chi connectivity index (χ2n) is 4.78. The van der Waals surface area contributed by atoms with Crippen LogP contribution in [0.3, 0.4) is 0 Å². The standard InChI is InChI=1S/C14H13Br2Cl2NO2/c1-14(2,12(21)13(15)16)19-11(20)6-4-8-3-5-9(17)7-10(8)18/h3-7,13H,1-2H3,(H,19,20). The molecule has 1 aromatic carbocycles. The van der Waals surface area contributed by atoms with Crippen molar-refractivity contribution >= 4 is 72.8 Å². The highest BCUT2D eigenvalue weighted by molar-refractivity contribution is 9.25. The van der Waals surface area contributed by atoms with Crippen LogP contribution in [0.5, 0.6) is 0 Å². The zero-order valence-corrected chi connectivity index (χ0v) is 16.0. The third kappa shape index (κ3) is 5.74. The molecule has 0 saturated carbocycles. The third-order valence-electron chi connectivity index (χ3n) is 2.63. The van der Waals surface area contributed by atoms with Gasteiger partial charge in [0.2, 0.25) is 5.91 Å². The molecule has 0 aromatic heterocycles. The molecule has 0 aliphatic heterocycles. The van der Waals surface area contributed by atoms with Crippen molar-refractivity contribution in [2.75, 3.05) is 0 Å². The summed E-state index contributed by atoms with van der Waals surface area (Å²) in [5.41, 5.74) is -0.331. The van der Waals surface area contributed by atoms with Crippen molar-refractivity contribution in [3.63, 3.8) is 0 Å². The minimum atomic E-state index is -0.997. The van der Waals surface area contributed by atoms with Crippen LogP contribution in [-0.4, -0.2) is 21.0 Å². The molecule has 21 heavy (non-hydrogen) atoms. The first-order valence-corrected chi connectivity index (χ1v) is 8.50. The van der Waals surface area contributed by atoms with Crippen LogP contribution in [0.25, 0.3) is 6.08 Å². The van der Waals surface area contributed by atoms with E-state index in [-0.39, 0.29) is 11.7 Å². The average molecular weight is 458 g/mol. The summed E-state index contributed by atoms with van der Waals surface area (Å²) in [6.07, 6.45) is 2.88. The quantitative estimate of drug-likeness (QED) is 0.519. The Morgan fingerprint density at radius 3 is 2.43 bits per heavy atom. The van der Waals surface area contributed by atoms with Gasteiger partial charge in [0, 0.05) is 16.1 Å². The Balaban J connectivity index is 2.77. The first kappa shape index (κ1) is 18.7. The van der Waals surface area contributed by atoms with Gasteiger partial charge in [0.25, 0.3) is 0 Å². The number of nitrogens with one attached hydrogen (secondary N) is 1. The topological polar surface area (TPSA) is 46.2 Å². The molecule has 114 valence electrons. The average Bonchev–Trinajstić information content (AvgIpc) is 2.36. The van der Waals surface area contributed by atoms with E-state index in [9.17, 15) is 9.59 Å². The lowest BCUT2D eigenvalue weighted by Gasteiger charge is -2.24. The third-order valence-corrected chi connectivity index (χ3v) is 4.02. The fraction of sp³-hybridized carbons (Fsp3) is 0.286. The number of rotatable bonds is 5. The van der Waals surface area contributed by atoms with Gasteiger partial charge in [-0.1, -0.05) is 61.1 Å². The molecule has 7 heteroatoms. The number of carbonyl (C=O) groups excluding carboxylic acids is 2. The van der Waals surface area contributed by atoms with Crippen LogP contribution in [-0.2, 0) is 9.59 Å². The van der Waals surface area contributed by atoms with E-state index >= 15 is 0 Å². The Morgan fingerprint density at radius 1 is 1.29 bits per heavy atom. The minimum Gasteiger partial charge on any atom is -0.341 e. The number of hydrogen-bond acceptors (Lipinski definition) is 2. The SMILES string of the molecule is CC(C)(NC(=O)C=Cc1ccc(Cl)cc1Cl)C(=O)C(Br)Br. The molecule has 1 aromatic rings. The van der Waals surface area contributed by atoms with E-state index in [1.807, 2.05) is 0 Å². The van der Waals surface area contributed by atoms with E-state index in [1.165, 1.54) is 6.08 Å². The summed E-state index contributed by atoms with van der Waals surface area (Å²) < 4.78 is -0.519. The lowest BCUT2D eigenvalue weighted by molar-refractivity contribution is -0.127. The van der Waals surface area contributed by atoms with Crippen molar-refractivity contribution in [2.24, 2.45) is 0 Å². The van der Waals surface area contributed by atoms with E-state index in [0.29, 0.717) is 15.6 Å². The molecule has 1 rings (SSSR count). The predicted molar refractivity (Wildman–Crippen MR) is 94.4 cm³/mol. The Labute approximate surface area is 150 Å². The van der Waals surface area contributed by atoms with Crippen LogP contribution >= 0.6 is 55.1 Å². The van der Waals surface area contributed by atoms with Crippen LogP contribution in [0.4, 0.5) is 0 Å². The van der Waals surface area contributed by atoms with Gasteiger partial charge in [0.15, 0.2) is 5.78 Å². The van der Waals surface area contributed by atoms with Gasteiger partial charge in [0.05, 0.1) is 5.54 Å². The number of carbonyl (C=O) groups is 2. The Morgan fingerprint density at radius 2 is 1.90 bits per heavy atom. The maximum absolute atomic E-state index is 11.9. The van der Waals surface area contributed by atoms with Crippen molar-refractivity contribution in [3.8, 4) is 0 Å². The smallest absolute Gasteiger partial charge is 0.244 e. The molecular weight excluding hydrogens is 445 g/mol. The lowest BCUT2D eigenvalue weighted by Crippen LogP contribution is -2.51. The van der Waals surface area contributed by atoms with Gasteiger partial charge >= 0.3 is 0 Å². The molecule has 1 amide bonds.